The lowest BCUT2D eigenvalue weighted by atomic mass is 10.1. The molecule has 0 saturated heterocycles. The van der Waals surface area contributed by atoms with E-state index < -0.39 is 0 Å². The van der Waals surface area contributed by atoms with Crippen molar-refractivity contribution in [1.29, 1.82) is 0 Å². The lowest BCUT2D eigenvalue weighted by Gasteiger charge is -2.16. The van der Waals surface area contributed by atoms with Gasteiger partial charge in [0.15, 0.2) is 11.5 Å². The third kappa shape index (κ3) is 3.93. The third-order valence-electron chi connectivity index (χ3n) is 3.70. The zero-order valence-corrected chi connectivity index (χ0v) is 13.4. The molecule has 0 bridgehead atoms. The first-order valence-corrected chi connectivity index (χ1v) is 7.90. The van der Waals surface area contributed by atoms with Crippen LogP contribution in [0, 0.1) is 0 Å². The number of ether oxygens (including phenoxy) is 2. The number of hydrogen-bond acceptors (Lipinski definition) is 3. The molecule has 1 saturated carbocycles. The number of rotatable bonds is 7. The Kier molecular flexibility index (Phi) is 4.86. The van der Waals surface area contributed by atoms with Gasteiger partial charge in [0.2, 0.25) is 0 Å². The molecule has 0 amide bonds. The Balaban J connectivity index is 1.79. The number of halogens is 1. The normalized spacial score (nSPS) is 13.9. The summed E-state index contributed by atoms with van der Waals surface area (Å²) in [5, 5.41) is 4.16. The highest BCUT2D eigenvalue weighted by Gasteiger charge is 2.21. The van der Waals surface area contributed by atoms with Crippen LogP contribution in [0.15, 0.2) is 42.5 Å². The summed E-state index contributed by atoms with van der Waals surface area (Å²) < 4.78 is 11.5. The topological polar surface area (TPSA) is 30.5 Å². The van der Waals surface area contributed by atoms with Crippen molar-refractivity contribution < 1.29 is 9.47 Å². The van der Waals surface area contributed by atoms with Crippen molar-refractivity contribution in [3.05, 3.63) is 58.6 Å². The van der Waals surface area contributed by atoms with E-state index in [1.807, 2.05) is 36.4 Å². The van der Waals surface area contributed by atoms with E-state index in [-0.39, 0.29) is 0 Å². The summed E-state index contributed by atoms with van der Waals surface area (Å²) in [6.45, 7) is 1.25. The number of methoxy groups -OCH3 is 1. The van der Waals surface area contributed by atoms with Gasteiger partial charge in [-0.05, 0) is 24.5 Å². The first-order valence-electron chi connectivity index (χ1n) is 7.53. The van der Waals surface area contributed by atoms with Gasteiger partial charge in [0, 0.05) is 29.2 Å². The Morgan fingerprint density at radius 3 is 2.64 bits per heavy atom. The largest absolute Gasteiger partial charge is 0.493 e. The van der Waals surface area contributed by atoms with Gasteiger partial charge in [-0.1, -0.05) is 41.9 Å². The minimum atomic E-state index is 0.509. The highest BCUT2D eigenvalue weighted by Crippen LogP contribution is 2.35. The van der Waals surface area contributed by atoms with Gasteiger partial charge >= 0.3 is 0 Å². The van der Waals surface area contributed by atoms with Gasteiger partial charge in [0.1, 0.15) is 6.61 Å². The second kappa shape index (κ2) is 7.03. The molecule has 0 heterocycles. The van der Waals surface area contributed by atoms with Crippen molar-refractivity contribution in [3.8, 4) is 11.5 Å². The first kappa shape index (κ1) is 15.2. The molecule has 0 aromatic heterocycles. The molecule has 3 rings (SSSR count). The fourth-order valence-corrected chi connectivity index (χ4v) is 2.57. The molecule has 22 heavy (non-hydrogen) atoms. The van der Waals surface area contributed by atoms with E-state index in [0.29, 0.717) is 23.4 Å². The Bertz CT molecular complexity index is 626. The highest BCUT2D eigenvalue weighted by molar-refractivity contribution is 6.30. The fourth-order valence-electron chi connectivity index (χ4n) is 2.34. The zero-order chi connectivity index (χ0) is 15.4. The average Bonchev–Trinajstić information content (AvgIpc) is 3.36. The molecule has 2 aromatic rings. The molecule has 0 atom stereocenters. The minimum absolute atomic E-state index is 0.509. The molecular formula is C18H20ClNO2. The highest BCUT2D eigenvalue weighted by atomic mass is 35.5. The SMILES string of the molecule is COc1cc(Cl)cc(CNC2CC2)c1OCc1ccccc1. The number of hydrogen-bond donors (Lipinski definition) is 1. The van der Waals surface area contributed by atoms with Gasteiger partial charge in [-0.25, -0.2) is 0 Å². The third-order valence-corrected chi connectivity index (χ3v) is 3.92. The van der Waals surface area contributed by atoms with Crippen molar-refractivity contribution in [2.75, 3.05) is 7.11 Å². The van der Waals surface area contributed by atoms with Crippen LogP contribution in [-0.4, -0.2) is 13.2 Å². The van der Waals surface area contributed by atoms with Gasteiger partial charge in [0.25, 0.3) is 0 Å². The second-order valence-electron chi connectivity index (χ2n) is 5.53. The Labute approximate surface area is 136 Å². The number of nitrogens with one attached hydrogen (secondary N) is 1. The average molecular weight is 318 g/mol. The Morgan fingerprint density at radius 1 is 1.18 bits per heavy atom. The lowest BCUT2D eigenvalue weighted by molar-refractivity contribution is 0.280. The van der Waals surface area contributed by atoms with Gasteiger partial charge in [-0.15, -0.1) is 0 Å². The number of benzene rings is 2. The summed E-state index contributed by atoms with van der Waals surface area (Å²) in [5.41, 5.74) is 2.16. The summed E-state index contributed by atoms with van der Waals surface area (Å²) >= 11 is 6.19. The van der Waals surface area contributed by atoms with E-state index in [2.05, 4.69) is 5.32 Å². The molecule has 1 fully saturated rings. The standard InChI is InChI=1S/C18H20ClNO2/c1-21-17-10-15(19)9-14(11-20-16-7-8-16)18(17)22-12-13-5-3-2-4-6-13/h2-6,9-10,16,20H,7-8,11-12H2,1H3. The molecule has 0 radical (unpaired) electrons. The lowest BCUT2D eigenvalue weighted by Crippen LogP contribution is -2.16. The molecule has 2 aromatic carbocycles. The molecule has 0 unspecified atom stereocenters. The molecule has 0 spiro atoms. The maximum absolute atomic E-state index is 6.19. The van der Waals surface area contributed by atoms with E-state index in [9.17, 15) is 0 Å². The van der Waals surface area contributed by atoms with Crippen LogP contribution in [0.2, 0.25) is 5.02 Å². The molecule has 0 aliphatic heterocycles. The van der Waals surface area contributed by atoms with Crippen molar-refractivity contribution in [1.82, 2.24) is 5.32 Å². The van der Waals surface area contributed by atoms with Gasteiger partial charge in [-0.2, -0.15) is 0 Å². The molecule has 4 heteroatoms. The van der Waals surface area contributed by atoms with E-state index in [4.69, 9.17) is 21.1 Å². The molecule has 1 aliphatic carbocycles. The second-order valence-corrected chi connectivity index (χ2v) is 5.96. The van der Waals surface area contributed by atoms with Crippen LogP contribution in [-0.2, 0) is 13.2 Å². The smallest absolute Gasteiger partial charge is 0.166 e. The van der Waals surface area contributed by atoms with Crippen LogP contribution in [0.1, 0.15) is 24.0 Å². The minimum Gasteiger partial charge on any atom is -0.493 e. The maximum Gasteiger partial charge on any atom is 0.166 e. The van der Waals surface area contributed by atoms with E-state index >= 15 is 0 Å². The molecule has 1 N–H and O–H groups in total. The van der Waals surface area contributed by atoms with Gasteiger partial charge < -0.3 is 14.8 Å². The quantitative estimate of drug-likeness (QED) is 0.831. The van der Waals surface area contributed by atoms with Crippen LogP contribution in [0.25, 0.3) is 0 Å². The van der Waals surface area contributed by atoms with E-state index in [0.717, 1.165) is 23.4 Å². The molecule has 1 aliphatic rings. The Hall–Kier alpha value is -1.71. The molecular weight excluding hydrogens is 298 g/mol. The summed E-state index contributed by atoms with van der Waals surface area (Å²) in [7, 11) is 1.64. The summed E-state index contributed by atoms with van der Waals surface area (Å²) in [6, 6.07) is 14.5. The summed E-state index contributed by atoms with van der Waals surface area (Å²) in [6.07, 6.45) is 2.50. The van der Waals surface area contributed by atoms with E-state index in [1.165, 1.54) is 12.8 Å². The van der Waals surface area contributed by atoms with Crippen molar-refractivity contribution >= 4 is 11.6 Å². The monoisotopic (exact) mass is 317 g/mol. The van der Waals surface area contributed by atoms with Crippen molar-refractivity contribution in [3.63, 3.8) is 0 Å². The molecule has 116 valence electrons. The van der Waals surface area contributed by atoms with Crippen LogP contribution < -0.4 is 14.8 Å². The fraction of sp³-hybridized carbons (Fsp3) is 0.333. The van der Waals surface area contributed by atoms with Gasteiger partial charge in [-0.3, -0.25) is 0 Å². The van der Waals surface area contributed by atoms with Crippen molar-refractivity contribution in [2.45, 2.75) is 32.0 Å². The van der Waals surface area contributed by atoms with E-state index in [1.54, 1.807) is 13.2 Å². The van der Waals surface area contributed by atoms with Crippen LogP contribution in [0.4, 0.5) is 0 Å². The maximum atomic E-state index is 6.19. The first-order chi connectivity index (χ1) is 10.8. The van der Waals surface area contributed by atoms with Crippen LogP contribution in [0.5, 0.6) is 11.5 Å². The predicted octanol–water partition coefficient (Wildman–Crippen LogP) is 4.18. The Morgan fingerprint density at radius 2 is 1.95 bits per heavy atom. The predicted molar refractivity (Wildman–Crippen MR) is 88.6 cm³/mol. The zero-order valence-electron chi connectivity index (χ0n) is 12.6. The van der Waals surface area contributed by atoms with Gasteiger partial charge in [0.05, 0.1) is 7.11 Å². The summed E-state index contributed by atoms with van der Waals surface area (Å²) in [5.74, 6) is 1.44. The summed E-state index contributed by atoms with van der Waals surface area (Å²) in [4.78, 5) is 0. The van der Waals surface area contributed by atoms with Crippen molar-refractivity contribution in [2.24, 2.45) is 0 Å². The van der Waals surface area contributed by atoms with Crippen LogP contribution >= 0.6 is 11.6 Å². The molecule has 3 nitrogen and oxygen atoms in total. The van der Waals surface area contributed by atoms with Crippen LogP contribution in [0.3, 0.4) is 0 Å².